The molecule has 2 saturated heterocycles. The third kappa shape index (κ3) is 4.09. The van der Waals surface area contributed by atoms with Gasteiger partial charge in [0.15, 0.2) is 0 Å². The minimum atomic E-state index is -0.191. The van der Waals surface area contributed by atoms with Gasteiger partial charge in [-0.3, -0.25) is 14.6 Å². The lowest BCUT2D eigenvalue weighted by Gasteiger charge is -2.52. The fourth-order valence-corrected chi connectivity index (χ4v) is 6.38. The van der Waals surface area contributed by atoms with Crippen molar-refractivity contribution in [1.29, 1.82) is 0 Å². The average molecular weight is 473 g/mol. The average Bonchev–Trinajstić information content (AvgIpc) is 3.29. The third-order valence-corrected chi connectivity index (χ3v) is 8.40. The highest BCUT2D eigenvalue weighted by Crippen LogP contribution is 2.39. The first-order valence-corrected chi connectivity index (χ1v) is 12.7. The van der Waals surface area contributed by atoms with Crippen LogP contribution in [0.4, 0.5) is 0 Å². The molecule has 0 aliphatic carbocycles. The minimum absolute atomic E-state index is 0.0332. The standard InChI is InChI=1S/C29H36N4O2/c1-30(2)29(23-10-5-4-6-11-23)15-19-32(20-16-29)27-22(21-34)9-8-17-33(27)28(35)25-12-7-13-26-24(25)14-18-31(26)3/h4-7,10-14,18,21-22,27H,8-9,15-17,19-20H2,1-3H3. The molecule has 2 aliphatic heterocycles. The van der Waals surface area contributed by atoms with Crippen LogP contribution in [0.15, 0.2) is 60.8 Å². The van der Waals surface area contributed by atoms with Gasteiger partial charge in [-0.2, -0.15) is 0 Å². The number of hydrogen-bond donors (Lipinski definition) is 0. The maximum Gasteiger partial charge on any atom is 0.255 e. The Labute approximate surface area is 208 Å². The molecule has 6 heteroatoms. The fraction of sp³-hybridized carbons (Fsp3) is 0.448. The number of amides is 1. The molecule has 2 aliphatic rings. The summed E-state index contributed by atoms with van der Waals surface area (Å²) in [6.07, 6.45) is 6.50. The van der Waals surface area contributed by atoms with E-state index >= 15 is 0 Å². The number of piperidine rings is 2. The van der Waals surface area contributed by atoms with E-state index in [9.17, 15) is 9.59 Å². The van der Waals surface area contributed by atoms with Crippen molar-refractivity contribution in [2.45, 2.75) is 37.4 Å². The molecule has 184 valence electrons. The van der Waals surface area contributed by atoms with Crippen LogP contribution in [0.1, 0.15) is 41.6 Å². The molecular weight excluding hydrogens is 436 g/mol. The molecular formula is C29H36N4O2. The van der Waals surface area contributed by atoms with E-state index < -0.39 is 0 Å². The van der Waals surface area contributed by atoms with Crippen molar-refractivity contribution in [2.24, 2.45) is 13.0 Å². The number of aryl methyl sites for hydroxylation is 1. The van der Waals surface area contributed by atoms with E-state index in [0.29, 0.717) is 6.54 Å². The third-order valence-electron chi connectivity index (χ3n) is 8.40. The largest absolute Gasteiger partial charge is 0.351 e. The summed E-state index contributed by atoms with van der Waals surface area (Å²) in [5.74, 6) is -0.128. The summed E-state index contributed by atoms with van der Waals surface area (Å²) >= 11 is 0. The first-order valence-electron chi connectivity index (χ1n) is 12.7. The lowest BCUT2D eigenvalue weighted by atomic mass is 9.79. The zero-order chi connectivity index (χ0) is 24.6. The maximum absolute atomic E-state index is 14.0. The lowest BCUT2D eigenvalue weighted by molar-refractivity contribution is -0.119. The second kappa shape index (κ2) is 9.59. The molecule has 1 aromatic heterocycles. The van der Waals surface area contributed by atoms with Crippen LogP contribution < -0.4 is 0 Å². The Balaban J connectivity index is 1.44. The van der Waals surface area contributed by atoms with Crippen LogP contribution in [-0.4, -0.2) is 71.4 Å². The molecule has 3 heterocycles. The summed E-state index contributed by atoms with van der Waals surface area (Å²) in [5.41, 5.74) is 3.08. The van der Waals surface area contributed by atoms with Gasteiger partial charge in [0.25, 0.3) is 5.91 Å². The molecule has 0 spiro atoms. The van der Waals surface area contributed by atoms with Crippen LogP contribution in [0.2, 0.25) is 0 Å². The summed E-state index contributed by atoms with van der Waals surface area (Å²) in [5, 5.41) is 0.973. The topological polar surface area (TPSA) is 48.8 Å². The number of carbonyl (C=O) groups is 2. The van der Waals surface area contributed by atoms with Crippen LogP contribution in [0.3, 0.4) is 0 Å². The van der Waals surface area contributed by atoms with Crippen LogP contribution in [0.5, 0.6) is 0 Å². The molecule has 0 saturated carbocycles. The zero-order valence-corrected chi connectivity index (χ0v) is 21.1. The molecule has 2 atom stereocenters. The Morgan fingerprint density at radius 1 is 1.00 bits per heavy atom. The molecule has 2 unspecified atom stereocenters. The Hall–Kier alpha value is -2.96. The van der Waals surface area contributed by atoms with Crippen molar-refractivity contribution in [3.8, 4) is 0 Å². The number of carbonyl (C=O) groups excluding carboxylic acids is 2. The molecule has 2 fully saturated rings. The van der Waals surface area contributed by atoms with Gasteiger partial charge in [0, 0.05) is 60.8 Å². The van der Waals surface area contributed by atoms with Crippen LogP contribution in [-0.2, 0) is 17.4 Å². The highest BCUT2D eigenvalue weighted by molar-refractivity contribution is 6.06. The van der Waals surface area contributed by atoms with Gasteiger partial charge in [-0.1, -0.05) is 36.4 Å². The molecule has 6 nitrogen and oxygen atoms in total. The van der Waals surface area contributed by atoms with E-state index in [-0.39, 0.29) is 23.5 Å². The number of fused-ring (bicyclic) bond motifs is 1. The molecule has 1 amide bonds. The maximum atomic E-state index is 14.0. The minimum Gasteiger partial charge on any atom is -0.351 e. The van der Waals surface area contributed by atoms with E-state index in [1.807, 2.05) is 47.0 Å². The van der Waals surface area contributed by atoms with Gasteiger partial charge in [0.05, 0.1) is 6.17 Å². The molecule has 5 rings (SSSR count). The van der Waals surface area contributed by atoms with Crippen molar-refractivity contribution in [1.82, 2.24) is 19.3 Å². The highest BCUT2D eigenvalue weighted by atomic mass is 16.2. The summed E-state index contributed by atoms with van der Waals surface area (Å²) in [6, 6.07) is 18.7. The van der Waals surface area contributed by atoms with Gasteiger partial charge in [0.1, 0.15) is 6.29 Å². The van der Waals surface area contributed by atoms with E-state index in [1.165, 1.54) is 5.56 Å². The van der Waals surface area contributed by atoms with Crippen molar-refractivity contribution in [3.63, 3.8) is 0 Å². The lowest BCUT2D eigenvalue weighted by Crippen LogP contribution is -2.61. The van der Waals surface area contributed by atoms with Crippen molar-refractivity contribution in [3.05, 3.63) is 71.9 Å². The number of benzene rings is 2. The molecule has 35 heavy (non-hydrogen) atoms. The fourth-order valence-electron chi connectivity index (χ4n) is 6.38. The summed E-state index contributed by atoms with van der Waals surface area (Å²) < 4.78 is 2.04. The number of aromatic nitrogens is 1. The number of rotatable bonds is 5. The Morgan fingerprint density at radius 3 is 2.43 bits per heavy atom. The van der Waals surface area contributed by atoms with Gasteiger partial charge in [-0.25, -0.2) is 0 Å². The Kier molecular flexibility index (Phi) is 6.51. The molecule has 3 aromatic rings. The Morgan fingerprint density at radius 2 is 1.74 bits per heavy atom. The first-order chi connectivity index (χ1) is 17.0. The predicted molar refractivity (Wildman–Crippen MR) is 139 cm³/mol. The zero-order valence-electron chi connectivity index (χ0n) is 21.1. The smallest absolute Gasteiger partial charge is 0.255 e. The van der Waals surface area contributed by atoms with Crippen molar-refractivity contribution in [2.75, 3.05) is 33.7 Å². The SMILES string of the molecule is CN(C)C1(c2ccccc2)CCN(C2C(C=O)CCCN2C(=O)c2cccc3c2ccn3C)CC1. The molecule has 0 bridgehead atoms. The van der Waals surface area contributed by atoms with Crippen LogP contribution in [0, 0.1) is 5.92 Å². The van der Waals surface area contributed by atoms with Gasteiger partial charge in [-0.05, 0) is 63.5 Å². The van der Waals surface area contributed by atoms with Crippen molar-refractivity contribution < 1.29 is 9.59 Å². The van der Waals surface area contributed by atoms with Crippen molar-refractivity contribution >= 4 is 23.1 Å². The monoisotopic (exact) mass is 472 g/mol. The second-order valence-electron chi connectivity index (χ2n) is 10.3. The molecule has 0 radical (unpaired) electrons. The number of nitrogens with zero attached hydrogens (tertiary/aromatic N) is 4. The number of likely N-dealkylation sites (tertiary alicyclic amines) is 2. The van der Waals surface area contributed by atoms with E-state index in [2.05, 4.69) is 54.2 Å². The number of hydrogen-bond acceptors (Lipinski definition) is 4. The van der Waals surface area contributed by atoms with Gasteiger partial charge >= 0.3 is 0 Å². The first kappa shape index (κ1) is 23.8. The molecule has 2 aromatic carbocycles. The summed E-state index contributed by atoms with van der Waals surface area (Å²) in [7, 11) is 6.32. The summed E-state index contributed by atoms with van der Waals surface area (Å²) in [6.45, 7) is 2.38. The van der Waals surface area contributed by atoms with Crippen LogP contribution >= 0.6 is 0 Å². The number of aldehydes is 1. The Bertz CT molecular complexity index is 1190. The predicted octanol–water partition coefficient (Wildman–Crippen LogP) is 4.11. The quantitative estimate of drug-likeness (QED) is 0.525. The van der Waals surface area contributed by atoms with Gasteiger partial charge in [0.2, 0.25) is 0 Å². The molecule has 0 N–H and O–H groups in total. The second-order valence-corrected chi connectivity index (χ2v) is 10.3. The van der Waals surface area contributed by atoms with E-state index in [4.69, 9.17) is 0 Å². The van der Waals surface area contributed by atoms with Gasteiger partial charge in [-0.15, -0.1) is 0 Å². The van der Waals surface area contributed by atoms with Crippen LogP contribution in [0.25, 0.3) is 10.9 Å². The van der Waals surface area contributed by atoms with E-state index in [1.54, 1.807) is 0 Å². The summed E-state index contributed by atoms with van der Waals surface area (Å²) in [4.78, 5) is 32.9. The van der Waals surface area contributed by atoms with E-state index in [0.717, 1.165) is 61.5 Å². The highest BCUT2D eigenvalue weighted by Gasteiger charge is 2.44. The van der Waals surface area contributed by atoms with Gasteiger partial charge < -0.3 is 14.3 Å². The normalized spacial score (nSPS) is 23.0.